The lowest BCUT2D eigenvalue weighted by Crippen LogP contribution is -2.44. The van der Waals surface area contributed by atoms with Crippen LogP contribution in [0.25, 0.3) is 0 Å². The van der Waals surface area contributed by atoms with Crippen LogP contribution in [-0.4, -0.2) is 29.3 Å². The molecule has 122 valence electrons. The molecule has 0 amide bonds. The van der Waals surface area contributed by atoms with E-state index in [-0.39, 0.29) is 17.9 Å². The molecule has 0 heterocycles. The van der Waals surface area contributed by atoms with E-state index < -0.39 is 12.1 Å². The number of carbonyl (C=O) groups is 2. The van der Waals surface area contributed by atoms with Crippen molar-refractivity contribution in [3.05, 3.63) is 35.9 Å². The molecular weight excluding hydrogens is 303 g/mol. The molecule has 5 nitrogen and oxygen atoms in total. The Bertz CT molecular complexity index is 505. The molecule has 0 bridgehead atoms. The van der Waals surface area contributed by atoms with Gasteiger partial charge in [-0.25, -0.2) is 4.79 Å². The van der Waals surface area contributed by atoms with E-state index in [1.54, 1.807) is 0 Å². The van der Waals surface area contributed by atoms with Crippen LogP contribution < -0.4 is 5.73 Å². The highest BCUT2D eigenvalue weighted by Gasteiger charge is 2.38. The van der Waals surface area contributed by atoms with Crippen molar-refractivity contribution in [2.45, 2.75) is 31.7 Å². The van der Waals surface area contributed by atoms with Crippen molar-refractivity contribution in [1.29, 1.82) is 0 Å². The molecule has 0 spiro atoms. The number of hydrogen-bond donors (Lipinski definition) is 2. The lowest BCUT2D eigenvalue weighted by atomic mass is 9.80. The van der Waals surface area contributed by atoms with Crippen LogP contribution in [0.2, 0.25) is 0 Å². The molecule has 1 aromatic carbocycles. The van der Waals surface area contributed by atoms with E-state index in [0.717, 1.165) is 18.4 Å². The molecule has 3 N–H and O–H groups in total. The number of rotatable bonds is 3. The Morgan fingerprint density at radius 3 is 2.14 bits per heavy atom. The van der Waals surface area contributed by atoms with Crippen molar-refractivity contribution in [3.8, 4) is 0 Å². The van der Waals surface area contributed by atoms with E-state index in [9.17, 15) is 18.0 Å². The smallest absolute Gasteiger partial charge is 0.475 e. The summed E-state index contributed by atoms with van der Waals surface area (Å²) in [6.45, 7) is 0.350. The Hall–Kier alpha value is -2.09. The minimum Gasteiger partial charge on any atom is -0.475 e. The molecule has 0 saturated heterocycles. The fraction of sp³-hybridized carbons (Fsp3) is 0.429. The summed E-state index contributed by atoms with van der Waals surface area (Å²) in [6.07, 6.45) is -3.28. The summed E-state index contributed by atoms with van der Waals surface area (Å²) >= 11 is 0. The summed E-state index contributed by atoms with van der Waals surface area (Å²) in [5.74, 6) is -2.99. The van der Waals surface area contributed by atoms with Gasteiger partial charge in [0.05, 0.1) is 5.92 Å². The second-order valence-corrected chi connectivity index (χ2v) is 4.74. The Morgan fingerprint density at radius 1 is 1.23 bits per heavy atom. The Kier molecular flexibility index (Phi) is 6.36. The van der Waals surface area contributed by atoms with Crippen molar-refractivity contribution in [1.82, 2.24) is 0 Å². The number of benzene rings is 1. The first-order valence-corrected chi connectivity index (χ1v) is 6.48. The number of carbonyl (C=O) groups excluding carboxylic acids is 1. The molecule has 0 aromatic heterocycles. The molecule has 2 unspecified atom stereocenters. The largest absolute Gasteiger partial charge is 0.490 e. The monoisotopic (exact) mass is 319 g/mol. The predicted molar refractivity (Wildman–Crippen MR) is 70.6 cm³/mol. The van der Waals surface area contributed by atoms with E-state index in [4.69, 9.17) is 20.4 Å². The SMILES string of the molecule is NC1CCC1C(=O)OCc1ccccc1.O=C(O)C(F)(F)F. The number of halogens is 3. The molecule has 1 aromatic rings. The topological polar surface area (TPSA) is 89.6 Å². The van der Waals surface area contributed by atoms with Gasteiger partial charge in [-0.3, -0.25) is 4.79 Å². The lowest BCUT2D eigenvalue weighted by Gasteiger charge is -2.31. The van der Waals surface area contributed by atoms with Crippen LogP contribution in [0.3, 0.4) is 0 Å². The molecule has 1 fully saturated rings. The van der Waals surface area contributed by atoms with Crippen molar-refractivity contribution >= 4 is 11.9 Å². The fourth-order valence-electron chi connectivity index (χ4n) is 1.65. The average molecular weight is 319 g/mol. The maximum Gasteiger partial charge on any atom is 0.490 e. The van der Waals surface area contributed by atoms with Crippen LogP contribution in [0.4, 0.5) is 13.2 Å². The summed E-state index contributed by atoms with van der Waals surface area (Å²) in [5, 5.41) is 7.12. The number of aliphatic carboxylic acids is 1. The van der Waals surface area contributed by atoms with Crippen molar-refractivity contribution in [2.75, 3.05) is 0 Å². The first kappa shape index (κ1) is 18.0. The third kappa shape index (κ3) is 5.72. The Balaban J connectivity index is 0.000000295. The number of esters is 1. The van der Waals surface area contributed by atoms with Gasteiger partial charge in [0.2, 0.25) is 0 Å². The van der Waals surface area contributed by atoms with Crippen LogP contribution in [-0.2, 0) is 20.9 Å². The summed E-state index contributed by atoms with van der Waals surface area (Å²) in [6, 6.07) is 9.68. The first-order chi connectivity index (χ1) is 10.2. The third-order valence-corrected chi connectivity index (χ3v) is 3.10. The van der Waals surface area contributed by atoms with E-state index in [1.807, 2.05) is 30.3 Å². The zero-order valence-corrected chi connectivity index (χ0v) is 11.5. The van der Waals surface area contributed by atoms with Crippen LogP contribution in [0.5, 0.6) is 0 Å². The third-order valence-electron chi connectivity index (χ3n) is 3.10. The average Bonchev–Trinajstić information content (AvgIpc) is 2.44. The van der Waals surface area contributed by atoms with Gasteiger partial charge >= 0.3 is 18.1 Å². The Labute approximate surface area is 124 Å². The number of nitrogens with two attached hydrogens (primary N) is 1. The quantitative estimate of drug-likeness (QED) is 0.833. The summed E-state index contributed by atoms with van der Waals surface area (Å²) < 4.78 is 36.9. The van der Waals surface area contributed by atoms with Crippen LogP contribution in [0.1, 0.15) is 18.4 Å². The van der Waals surface area contributed by atoms with Crippen LogP contribution >= 0.6 is 0 Å². The number of carboxylic acid groups (broad SMARTS) is 1. The maximum atomic E-state index is 11.5. The van der Waals surface area contributed by atoms with E-state index >= 15 is 0 Å². The predicted octanol–water partition coefficient (Wildman–Crippen LogP) is 2.10. The molecular formula is C14H16F3NO4. The molecule has 22 heavy (non-hydrogen) atoms. The highest BCUT2D eigenvalue weighted by Crippen LogP contribution is 2.26. The van der Waals surface area contributed by atoms with E-state index in [1.165, 1.54) is 0 Å². The minimum atomic E-state index is -5.08. The van der Waals surface area contributed by atoms with Gasteiger partial charge in [0.1, 0.15) is 6.61 Å². The molecule has 1 aliphatic rings. The summed E-state index contributed by atoms with van der Waals surface area (Å²) in [4.78, 5) is 20.4. The molecule has 1 aliphatic carbocycles. The standard InChI is InChI=1S/C12H15NO2.C2HF3O2/c13-11-7-6-10(11)12(14)15-8-9-4-2-1-3-5-9;3-2(4,5)1(6)7/h1-5,10-11H,6-8,13H2;(H,6,7). The fourth-order valence-corrected chi connectivity index (χ4v) is 1.65. The van der Waals surface area contributed by atoms with Gasteiger partial charge < -0.3 is 15.6 Å². The van der Waals surface area contributed by atoms with Gasteiger partial charge in [-0.05, 0) is 18.4 Å². The molecule has 1 saturated carbocycles. The molecule has 0 radical (unpaired) electrons. The molecule has 2 rings (SSSR count). The normalized spacial score (nSPS) is 20.2. The van der Waals surface area contributed by atoms with Gasteiger partial charge in [-0.15, -0.1) is 0 Å². The van der Waals surface area contributed by atoms with Crippen molar-refractivity contribution in [3.63, 3.8) is 0 Å². The van der Waals surface area contributed by atoms with Crippen LogP contribution in [0.15, 0.2) is 30.3 Å². The molecule has 2 atom stereocenters. The minimum absolute atomic E-state index is 0.00766. The van der Waals surface area contributed by atoms with Gasteiger partial charge in [0, 0.05) is 6.04 Å². The highest BCUT2D eigenvalue weighted by molar-refractivity contribution is 5.74. The number of ether oxygens (including phenoxy) is 1. The number of hydrogen-bond acceptors (Lipinski definition) is 4. The zero-order valence-electron chi connectivity index (χ0n) is 11.5. The van der Waals surface area contributed by atoms with Gasteiger partial charge in [-0.2, -0.15) is 13.2 Å². The first-order valence-electron chi connectivity index (χ1n) is 6.48. The van der Waals surface area contributed by atoms with E-state index in [0.29, 0.717) is 6.61 Å². The van der Waals surface area contributed by atoms with Gasteiger partial charge in [-0.1, -0.05) is 30.3 Å². The highest BCUT2D eigenvalue weighted by atomic mass is 19.4. The summed E-state index contributed by atoms with van der Waals surface area (Å²) in [7, 11) is 0. The zero-order chi connectivity index (χ0) is 16.8. The molecule has 0 aliphatic heterocycles. The Morgan fingerprint density at radius 2 is 1.77 bits per heavy atom. The van der Waals surface area contributed by atoms with Crippen molar-refractivity contribution < 1.29 is 32.6 Å². The van der Waals surface area contributed by atoms with Gasteiger partial charge in [0.25, 0.3) is 0 Å². The second kappa shape index (κ2) is 7.79. The summed E-state index contributed by atoms with van der Waals surface area (Å²) in [5.41, 5.74) is 6.70. The van der Waals surface area contributed by atoms with Crippen LogP contribution in [0, 0.1) is 5.92 Å². The second-order valence-electron chi connectivity index (χ2n) is 4.74. The van der Waals surface area contributed by atoms with Crippen molar-refractivity contribution in [2.24, 2.45) is 11.7 Å². The number of alkyl halides is 3. The number of carboxylic acids is 1. The molecule has 8 heteroatoms. The maximum absolute atomic E-state index is 11.5. The van der Waals surface area contributed by atoms with E-state index in [2.05, 4.69) is 0 Å². The lowest BCUT2D eigenvalue weighted by molar-refractivity contribution is -0.192. The van der Waals surface area contributed by atoms with Gasteiger partial charge in [0.15, 0.2) is 0 Å².